The van der Waals surface area contributed by atoms with Crippen LogP contribution in [-0.4, -0.2) is 15.0 Å². The zero-order valence-corrected chi connectivity index (χ0v) is 13.5. The van der Waals surface area contributed by atoms with Gasteiger partial charge in [-0.2, -0.15) is 0 Å². The number of pyridine rings is 1. The molecule has 122 valence electrons. The molecule has 1 unspecified atom stereocenters. The Morgan fingerprint density at radius 1 is 1.21 bits per heavy atom. The molecule has 0 aliphatic heterocycles. The summed E-state index contributed by atoms with van der Waals surface area (Å²) in [6, 6.07) is 12.8. The number of nitrogens with one attached hydrogen (secondary N) is 1. The van der Waals surface area contributed by atoms with E-state index in [1.165, 1.54) is 12.1 Å². The first-order valence-electron chi connectivity index (χ1n) is 7.24. The van der Waals surface area contributed by atoms with E-state index in [0.29, 0.717) is 10.7 Å². The molecule has 2 aromatic carbocycles. The van der Waals surface area contributed by atoms with Crippen molar-refractivity contribution in [1.29, 1.82) is 0 Å². The fraction of sp³-hybridized carbons (Fsp3) is 0.118. The van der Waals surface area contributed by atoms with Crippen molar-refractivity contribution < 1.29 is 10.0 Å². The summed E-state index contributed by atoms with van der Waals surface area (Å²) in [7, 11) is 0. The number of hydrogen-bond donors (Lipinski definition) is 2. The molecule has 3 rings (SSSR count). The molecule has 1 heterocycles. The molecule has 0 amide bonds. The zero-order valence-electron chi connectivity index (χ0n) is 12.7. The van der Waals surface area contributed by atoms with Crippen LogP contribution in [-0.2, 0) is 0 Å². The number of phenolic OH excluding ortho intramolecular Hbond substituents is 1. The van der Waals surface area contributed by atoms with Gasteiger partial charge in [-0.05, 0) is 36.8 Å². The maximum Gasteiger partial charge on any atom is 0.269 e. The van der Waals surface area contributed by atoms with E-state index in [0.717, 1.165) is 16.6 Å². The van der Waals surface area contributed by atoms with Gasteiger partial charge in [0.1, 0.15) is 10.9 Å². The molecule has 0 saturated heterocycles. The van der Waals surface area contributed by atoms with Crippen molar-refractivity contribution in [3.05, 3.63) is 69.4 Å². The number of aromatic hydroxyl groups is 1. The lowest BCUT2D eigenvalue weighted by Crippen LogP contribution is -2.07. The highest BCUT2D eigenvalue weighted by molar-refractivity contribution is 6.30. The SMILES string of the molecule is CC(Nc1cc(Cl)nc2ccc(O)cc12)c1ccc([N+](=O)[O-])cc1. The first-order chi connectivity index (χ1) is 11.4. The lowest BCUT2D eigenvalue weighted by Gasteiger charge is -2.17. The minimum absolute atomic E-state index is 0.0493. The van der Waals surface area contributed by atoms with Crippen LogP contribution in [0.3, 0.4) is 0 Å². The van der Waals surface area contributed by atoms with Crippen molar-refractivity contribution >= 4 is 33.9 Å². The minimum atomic E-state index is -0.430. The fourth-order valence-corrected chi connectivity index (χ4v) is 2.70. The number of phenols is 1. The van der Waals surface area contributed by atoms with Gasteiger partial charge in [-0.3, -0.25) is 10.1 Å². The number of benzene rings is 2. The van der Waals surface area contributed by atoms with E-state index in [1.807, 2.05) is 6.92 Å². The summed E-state index contributed by atoms with van der Waals surface area (Å²) >= 11 is 6.06. The first-order valence-corrected chi connectivity index (χ1v) is 7.62. The van der Waals surface area contributed by atoms with E-state index >= 15 is 0 Å². The van der Waals surface area contributed by atoms with Crippen molar-refractivity contribution in [2.24, 2.45) is 0 Å². The highest BCUT2D eigenvalue weighted by Crippen LogP contribution is 2.31. The molecular weight excluding hydrogens is 330 g/mol. The van der Waals surface area contributed by atoms with E-state index < -0.39 is 4.92 Å². The Hall–Kier alpha value is -2.86. The predicted octanol–water partition coefficient (Wildman–Crippen LogP) is 4.68. The number of nitro benzene ring substituents is 1. The summed E-state index contributed by atoms with van der Waals surface area (Å²) in [6.07, 6.45) is 0. The summed E-state index contributed by atoms with van der Waals surface area (Å²) in [6.45, 7) is 1.93. The number of nitrogens with zero attached hydrogens (tertiary/aromatic N) is 2. The van der Waals surface area contributed by atoms with E-state index in [9.17, 15) is 15.2 Å². The van der Waals surface area contributed by atoms with Gasteiger partial charge in [0, 0.05) is 29.2 Å². The number of fused-ring (bicyclic) bond motifs is 1. The molecule has 1 atom stereocenters. The number of rotatable bonds is 4. The van der Waals surface area contributed by atoms with Gasteiger partial charge in [0.15, 0.2) is 0 Å². The van der Waals surface area contributed by atoms with Crippen LogP contribution in [0.1, 0.15) is 18.5 Å². The molecule has 0 fully saturated rings. The van der Waals surface area contributed by atoms with Crippen LogP contribution in [0, 0.1) is 10.1 Å². The third kappa shape index (κ3) is 3.23. The number of anilines is 1. The topological polar surface area (TPSA) is 88.3 Å². The molecule has 0 spiro atoms. The standard InChI is InChI=1S/C17H14ClN3O3/c1-10(11-2-4-12(5-3-11)21(23)24)19-16-9-17(18)20-15-7-6-13(22)8-14(15)16/h2-10,22H,1H3,(H,19,20). The molecular formula is C17H14ClN3O3. The highest BCUT2D eigenvalue weighted by Gasteiger charge is 2.12. The van der Waals surface area contributed by atoms with Gasteiger partial charge in [-0.15, -0.1) is 0 Å². The molecule has 0 saturated carbocycles. The van der Waals surface area contributed by atoms with Crippen molar-refractivity contribution in [2.45, 2.75) is 13.0 Å². The molecule has 0 bridgehead atoms. The van der Waals surface area contributed by atoms with Crippen molar-refractivity contribution in [2.75, 3.05) is 5.32 Å². The van der Waals surface area contributed by atoms with Crippen LogP contribution in [0.2, 0.25) is 5.15 Å². The Labute approximate surface area is 142 Å². The van der Waals surface area contributed by atoms with Gasteiger partial charge >= 0.3 is 0 Å². The van der Waals surface area contributed by atoms with Gasteiger partial charge in [-0.1, -0.05) is 23.7 Å². The number of aromatic nitrogens is 1. The number of nitro groups is 1. The summed E-state index contributed by atoms with van der Waals surface area (Å²) < 4.78 is 0. The van der Waals surface area contributed by atoms with E-state index in [1.54, 1.807) is 36.4 Å². The van der Waals surface area contributed by atoms with Crippen LogP contribution in [0.15, 0.2) is 48.5 Å². The minimum Gasteiger partial charge on any atom is -0.508 e. The Morgan fingerprint density at radius 2 is 1.92 bits per heavy atom. The normalized spacial score (nSPS) is 12.1. The molecule has 0 radical (unpaired) electrons. The molecule has 0 aliphatic carbocycles. The lowest BCUT2D eigenvalue weighted by molar-refractivity contribution is -0.384. The van der Waals surface area contributed by atoms with Gasteiger partial charge in [0.25, 0.3) is 5.69 Å². The smallest absolute Gasteiger partial charge is 0.269 e. The Bertz CT molecular complexity index is 913. The Balaban J connectivity index is 1.93. The first kappa shape index (κ1) is 16.0. The molecule has 7 heteroatoms. The average Bonchev–Trinajstić information content (AvgIpc) is 2.55. The maximum absolute atomic E-state index is 10.7. The second-order valence-corrected chi connectivity index (χ2v) is 5.80. The molecule has 24 heavy (non-hydrogen) atoms. The molecule has 0 aliphatic rings. The summed E-state index contributed by atoms with van der Waals surface area (Å²) in [5.74, 6) is 0.137. The highest BCUT2D eigenvalue weighted by atomic mass is 35.5. The predicted molar refractivity (Wildman–Crippen MR) is 93.6 cm³/mol. The van der Waals surface area contributed by atoms with Gasteiger partial charge < -0.3 is 10.4 Å². The summed E-state index contributed by atoms with van der Waals surface area (Å²) in [4.78, 5) is 14.5. The number of non-ortho nitro benzene ring substituents is 1. The quantitative estimate of drug-likeness (QED) is 0.408. The van der Waals surface area contributed by atoms with Crippen LogP contribution in [0.25, 0.3) is 10.9 Å². The van der Waals surface area contributed by atoms with E-state index in [4.69, 9.17) is 11.6 Å². The second kappa shape index (κ2) is 6.33. The fourth-order valence-electron chi connectivity index (χ4n) is 2.50. The van der Waals surface area contributed by atoms with Crippen LogP contribution in [0.5, 0.6) is 5.75 Å². The van der Waals surface area contributed by atoms with Crippen molar-refractivity contribution in [3.63, 3.8) is 0 Å². The third-order valence-electron chi connectivity index (χ3n) is 3.74. The third-order valence-corrected chi connectivity index (χ3v) is 3.93. The summed E-state index contributed by atoms with van der Waals surface area (Å²) in [5, 5.41) is 24.8. The molecule has 3 aromatic rings. The molecule has 1 aromatic heterocycles. The average molecular weight is 344 g/mol. The zero-order chi connectivity index (χ0) is 17.3. The molecule has 6 nitrogen and oxygen atoms in total. The van der Waals surface area contributed by atoms with Gasteiger partial charge in [0.2, 0.25) is 0 Å². The van der Waals surface area contributed by atoms with E-state index in [-0.39, 0.29) is 17.5 Å². The van der Waals surface area contributed by atoms with Crippen molar-refractivity contribution in [1.82, 2.24) is 4.98 Å². The van der Waals surface area contributed by atoms with E-state index in [2.05, 4.69) is 10.3 Å². The maximum atomic E-state index is 10.7. The molecule has 2 N–H and O–H groups in total. The van der Waals surface area contributed by atoms with Gasteiger partial charge in [-0.25, -0.2) is 4.98 Å². The second-order valence-electron chi connectivity index (χ2n) is 5.41. The van der Waals surface area contributed by atoms with Crippen molar-refractivity contribution in [3.8, 4) is 5.75 Å². The van der Waals surface area contributed by atoms with Crippen LogP contribution < -0.4 is 5.32 Å². The Kier molecular flexibility index (Phi) is 4.22. The lowest BCUT2D eigenvalue weighted by atomic mass is 10.1. The van der Waals surface area contributed by atoms with Gasteiger partial charge in [0.05, 0.1) is 10.4 Å². The Morgan fingerprint density at radius 3 is 2.58 bits per heavy atom. The summed E-state index contributed by atoms with van der Waals surface area (Å²) in [5.41, 5.74) is 2.33. The van der Waals surface area contributed by atoms with Crippen LogP contribution >= 0.6 is 11.6 Å². The van der Waals surface area contributed by atoms with Crippen LogP contribution in [0.4, 0.5) is 11.4 Å². The number of hydrogen-bond acceptors (Lipinski definition) is 5. The monoisotopic (exact) mass is 343 g/mol. The largest absolute Gasteiger partial charge is 0.508 e. The number of halogens is 1.